The van der Waals surface area contributed by atoms with Crippen molar-refractivity contribution in [1.29, 1.82) is 0 Å². The van der Waals surface area contributed by atoms with Gasteiger partial charge in [-0.15, -0.1) is 0 Å². The number of rotatable bonds is 2. The van der Waals surface area contributed by atoms with Gasteiger partial charge in [0.25, 0.3) is 0 Å². The van der Waals surface area contributed by atoms with E-state index in [9.17, 15) is 0 Å². The lowest BCUT2D eigenvalue weighted by Gasteiger charge is -2.38. The van der Waals surface area contributed by atoms with Crippen LogP contribution in [0, 0.1) is 5.92 Å². The molecule has 1 aliphatic heterocycles. The molecule has 0 saturated carbocycles. The molecule has 0 bridgehead atoms. The summed E-state index contributed by atoms with van der Waals surface area (Å²) >= 11 is 0. The van der Waals surface area contributed by atoms with Crippen molar-refractivity contribution in [2.45, 2.75) is 19.1 Å². The van der Waals surface area contributed by atoms with Crippen LogP contribution in [0.1, 0.15) is 6.92 Å². The van der Waals surface area contributed by atoms with Gasteiger partial charge in [0.05, 0.1) is 12.7 Å². The first kappa shape index (κ1) is 6.99. The van der Waals surface area contributed by atoms with Crippen LogP contribution >= 0.6 is 0 Å². The highest BCUT2D eigenvalue weighted by atomic mass is 16.3. The largest absolute Gasteiger partial charge is 0.394 e. The Bertz CT molecular complexity index is 97.1. The first-order chi connectivity index (χ1) is 4.25. The predicted octanol–water partition coefficient (Wildman–Crippen LogP) is -1.05. The molecule has 0 amide bonds. The number of hydrogen-bond acceptors (Lipinski definition) is 3. The average Bonchev–Trinajstić information content (AvgIpc) is 1.84. The third kappa shape index (κ3) is 1.23. The van der Waals surface area contributed by atoms with Gasteiger partial charge in [-0.2, -0.15) is 0 Å². The Morgan fingerprint density at radius 1 is 1.78 bits per heavy atom. The standard InChI is InChI=1S/C6H13NO2/c1-4-2-7-6(4)5(9)3-8/h4-9H,2-3H2,1H3/t4-,5+,6?/m1/s1. The number of aliphatic hydroxyl groups is 2. The van der Waals surface area contributed by atoms with Crippen molar-refractivity contribution in [2.75, 3.05) is 13.2 Å². The van der Waals surface area contributed by atoms with E-state index in [0.717, 1.165) is 6.54 Å². The van der Waals surface area contributed by atoms with Crippen LogP contribution in [-0.4, -0.2) is 35.5 Å². The third-order valence-electron chi connectivity index (χ3n) is 1.89. The minimum atomic E-state index is -0.575. The Morgan fingerprint density at radius 3 is 2.56 bits per heavy atom. The molecule has 0 aromatic rings. The topological polar surface area (TPSA) is 52.5 Å². The van der Waals surface area contributed by atoms with Crippen LogP contribution in [0.4, 0.5) is 0 Å². The van der Waals surface area contributed by atoms with Gasteiger partial charge in [-0.3, -0.25) is 0 Å². The smallest absolute Gasteiger partial charge is 0.0926 e. The van der Waals surface area contributed by atoms with Crippen LogP contribution in [0.3, 0.4) is 0 Å². The molecular formula is C6H13NO2. The summed E-state index contributed by atoms with van der Waals surface area (Å²) in [5.41, 5.74) is 0. The van der Waals surface area contributed by atoms with Crippen LogP contribution in [0.5, 0.6) is 0 Å². The van der Waals surface area contributed by atoms with Gasteiger partial charge in [0.15, 0.2) is 0 Å². The minimum Gasteiger partial charge on any atom is -0.394 e. The molecule has 0 aliphatic carbocycles. The van der Waals surface area contributed by atoms with E-state index >= 15 is 0 Å². The SMILES string of the molecule is C[C@@H]1CNC1[C@@H](O)CO. The third-order valence-corrected chi connectivity index (χ3v) is 1.89. The second-order valence-corrected chi connectivity index (χ2v) is 2.66. The van der Waals surface area contributed by atoms with Crippen molar-refractivity contribution in [1.82, 2.24) is 5.32 Å². The molecule has 1 saturated heterocycles. The fraction of sp³-hybridized carbons (Fsp3) is 1.00. The van der Waals surface area contributed by atoms with Crippen molar-refractivity contribution >= 4 is 0 Å². The molecule has 3 atom stereocenters. The molecule has 1 heterocycles. The van der Waals surface area contributed by atoms with Crippen LogP contribution in [0.25, 0.3) is 0 Å². The molecule has 1 rings (SSSR count). The Morgan fingerprint density at radius 2 is 2.44 bits per heavy atom. The quantitative estimate of drug-likeness (QED) is 0.448. The molecule has 0 aromatic heterocycles. The summed E-state index contributed by atoms with van der Waals surface area (Å²) in [6, 6.07) is 0.120. The Balaban J connectivity index is 2.25. The van der Waals surface area contributed by atoms with Gasteiger partial charge in [-0.1, -0.05) is 6.92 Å². The average molecular weight is 131 g/mol. The van der Waals surface area contributed by atoms with Gasteiger partial charge >= 0.3 is 0 Å². The van der Waals surface area contributed by atoms with Gasteiger partial charge in [0.2, 0.25) is 0 Å². The lowest BCUT2D eigenvalue weighted by atomic mass is 9.90. The van der Waals surface area contributed by atoms with Gasteiger partial charge in [0.1, 0.15) is 0 Å². The molecule has 0 radical (unpaired) electrons. The summed E-state index contributed by atoms with van der Waals surface area (Å²) in [5, 5.41) is 20.6. The molecule has 1 unspecified atom stereocenters. The van der Waals surface area contributed by atoms with E-state index in [1.807, 2.05) is 0 Å². The highest BCUT2D eigenvalue weighted by Gasteiger charge is 2.31. The highest BCUT2D eigenvalue weighted by molar-refractivity contribution is 4.89. The molecule has 0 spiro atoms. The normalized spacial score (nSPS) is 37.7. The lowest BCUT2D eigenvalue weighted by Crippen LogP contribution is -2.58. The Kier molecular flexibility index (Phi) is 2.05. The zero-order chi connectivity index (χ0) is 6.85. The van der Waals surface area contributed by atoms with Crippen LogP contribution in [0.2, 0.25) is 0 Å². The first-order valence-corrected chi connectivity index (χ1v) is 3.28. The summed E-state index contributed by atoms with van der Waals surface area (Å²) in [6.45, 7) is 2.88. The van der Waals surface area contributed by atoms with Crippen LogP contribution < -0.4 is 5.32 Å². The molecule has 0 aromatic carbocycles. The summed E-state index contributed by atoms with van der Waals surface area (Å²) in [5.74, 6) is 0.507. The molecule has 9 heavy (non-hydrogen) atoms. The molecule has 1 fully saturated rings. The number of nitrogens with one attached hydrogen (secondary N) is 1. The zero-order valence-corrected chi connectivity index (χ0v) is 5.54. The molecule has 54 valence electrons. The second kappa shape index (κ2) is 2.64. The first-order valence-electron chi connectivity index (χ1n) is 3.28. The van der Waals surface area contributed by atoms with Crippen molar-refractivity contribution in [3.05, 3.63) is 0 Å². The van der Waals surface area contributed by atoms with Crippen LogP contribution in [0.15, 0.2) is 0 Å². The van der Waals surface area contributed by atoms with Gasteiger partial charge in [-0.25, -0.2) is 0 Å². The molecule has 3 heteroatoms. The maximum absolute atomic E-state index is 9.04. The predicted molar refractivity (Wildman–Crippen MR) is 34.0 cm³/mol. The summed E-state index contributed by atoms with van der Waals surface area (Å²) in [7, 11) is 0. The molecular weight excluding hydrogens is 118 g/mol. The monoisotopic (exact) mass is 131 g/mol. The van der Waals surface area contributed by atoms with Crippen molar-refractivity contribution < 1.29 is 10.2 Å². The summed E-state index contributed by atoms with van der Waals surface area (Å²) in [6.07, 6.45) is -0.575. The zero-order valence-electron chi connectivity index (χ0n) is 5.54. The van der Waals surface area contributed by atoms with Gasteiger partial charge in [0, 0.05) is 6.04 Å². The summed E-state index contributed by atoms with van der Waals surface area (Å²) < 4.78 is 0. The van der Waals surface area contributed by atoms with E-state index < -0.39 is 6.10 Å². The fourth-order valence-corrected chi connectivity index (χ4v) is 1.12. The minimum absolute atomic E-state index is 0.120. The molecule has 3 N–H and O–H groups in total. The Labute approximate surface area is 54.7 Å². The Hall–Kier alpha value is -0.120. The second-order valence-electron chi connectivity index (χ2n) is 2.66. The van der Waals surface area contributed by atoms with Crippen molar-refractivity contribution in [3.8, 4) is 0 Å². The van der Waals surface area contributed by atoms with Crippen molar-refractivity contribution in [3.63, 3.8) is 0 Å². The maximum Gasteiger partial charge on any atom is 0.0926 e. The van der Waals surface area contributed by atoms with Crippen molar-refractivity contribution in [2.24, 2.45) is 5.92 Å². The maximum atomic E-state index is 9.04. The van der Waals surface area contributed by atoms with E-state index in [1.165, 1.54) is 0 Å². The van der Waals surface area contributed by atoms with E-state index in [4.69, 9.17) is 10.2 Å². The van der Waals surface area contributed by atoms with Gasteiger partial charge in [-0.05, 0) is 12.5 Å². The van der Waals surface area contributed by atoms with E-state index in [-0.39, 0.29) is 12.6 Å². The molecule has 3 nitrogen and oxygen atoms in total. The summed E-state index contributed by atoms with van der Waals surface area (Å²) in [4.78, 5) is 0. The highest BCUT2D eigenvalue weighted by Crippen LogP contribution is 2.14. The van der Waals surface area contributed by atoms with Crippen LogP contribution in [-0.2, 0) is 0 Å². The van der Waals surface area contributed by atoms with Gasteiger partial charge < -0.3 is 15.5 Å². The van der Waals surface area contributed by atoms with E-state index in [0.29, 0.717) is 5.92 Å². The number of aliphatic hydroxyl groups excluding tert-OH is 2. The van der Waals surface area contributed by atoms with E-state index in [2.05, 4.69) is 12.2 Å². The molecule has 1 aliphatic rings. The fourth-order valence-electron chi connectivity index (χ4n) is 1.12. The number of hydrogen-bond donors (Lipinski definition) is 3. The lowest BCUT2D eigenvalue weighted by molar-refractivity contribution is 0.0171. The van der Waals surface area contributed by atoms with E-state index in [1.54, 1.807) is 0 Å².